The van der Waals surface area contributed by atoms with Gasteiger partial charge in [0.2, 0.25) is 5.91 Å². The lowest BCUT2D eigenvalue weighted by Gasteiger charge is -2.09. The van der Waals surface area contributed by atoms with Crippen molar-refractivity contribution >= 4 is 5.91 Å². The Morgan fingerprint density at radius 1 is 1.32 bits per heavy atom. The highest BCUT2D eigenvalue weighted by Crippen LogP contribution is 2.29. The van der Waals surface area contributed by atoms with Crippen molar-refractivity contribution in [2.45, 2.75) is 32.0 Å². The molecule has 0 radical (unpaired) electrons. The van der Waals surface area contributed by atoms with E-state index in [0.29, 0.717) is 18.5 Å². The molecular weight excluding hydrogens is 257 g/mol. The summed E-state index contributed by atoms with van der Waals surface area (Å²) in [5.41, 5.74) is 5.36. The molecule has 19 heavy (non-hydrogen) atoms. The van der Waals surface area contributed by atoms with E-state index in [1.807, 2.05) is 6.92 Å². The summed E-state index contributed by atoms with van der Waals surface area (Å²) in [7, 11) is 0. The van der Waals surface area contributed by atoms with Gasteiger partial charge < -0.3 is 11.1 Å². The van der Waals surface area contributed by atoms with Crippen molar-refractivity contribution in [3.05, 3.63) is 35.4 Å². The third-order valence-corrected chi connectivity index (χ3v) is 2.57. The maximum Gasteiger partial charge on any atom is 0.416 e. The zero-order chi connectivity index (χ0) is 14.5. The number of amides is 1. The van der Waals surface area contributed by atoms with Crippen LogP contribution in [0.4, 0.5) is 13.2 Å². The van der Waals surface area contributed by atoms with Gasteiger partial charge in [-0.25, -0.2) is 0 Å². The average Bonchev–Trinajstić information content (AvgIpc) is 2.27. The lowest BCUT2D eigenvalue weighted by Crippen LogP contribution is -2.30. The number of hydrogen-bond acceptors (Lipinski definition) is 2. The maximum absolute atomic E-state index is 12.3. The zero-order valence-corrected chi connectivity index (χ0v) is 10.6. The van der Waals surface area contributed by atoms with Crippen LogP contribution in [0.2, 0.25) is 0 Å². The molecule has 1 unspecified atom stereocenters. The summed E-state index contributed by atoms with van der Waals surface area (Å²) in [5, 5.41) is 2.67. The maximum atomic E-state index is 12.3. The van der Waals surface area contributed by atoms with E-state index >= 15 is 0 Å². The average molecular weight is 274 g/mol. The van der Waals surface area contributed by atoms with Crippen molar-refractivity contribution in [3.63, 3.8) is 0 Å². The number of hydrogen-bond donors (Lipinski definition) is 2. The van der Waals surface area contributed by atoms with Crippen LogP contribution >= 0.6 is 0 Å². The van der Waals surface area contributed by atoms with Gasteiger partial charge in [-0.15, -0.1) is 0 Å². The number of halogens is 3. The zero-order valence-electron chi connectivity index (χ0n) is 10.6. The van der Waals surface area contributed by atoms with Crippen molar-refractivity contribution < 1.29 is 18.0 Å². The Morgan fingerprint density at radius 2 is 1.89 bits per heavy atom. The van der Waals surface area contributed by atoms with Gasteiger partial charge in [-0.3, -0.25) is 4.79 Å². The van der Waals surface area contributed by atoms with Crippen LogP contribution in [0.3, 0.4) is 0 Å². The Bertz CT molecular complexity index is 413. The van der Waals surface area contributed by atoms with Gasteiger partial charge >= 0.3 is 6.18 Å². The first-order chi connectivity index (χ1) is 8.79. The van der Waals surface area contributed by atoms with Crippen molar-refractivity contribution in [3.8, 4) is 0 Å². The number of rotatable bonds is 5. The molecule has 6 heteroatoms. The molecule has 0 heterocycles. The second-order valence-corrected chi connectivity index (χ2v) is 4.49. The lowest BCUT2D eigenvalue weighted by molar-refractivity contribution is -0.137. The first kappa shape index (κ1) is 15.5. The SMILES string of the molecule is CC(N)CCNC(=O)Cc1ccc(C(F)(F)F)cc1. The first-order valence-corrected chi connectivity index (χ1v) is 5.97. The van der Waals surface area contributed by atoms with Gasteiger partial charge in [0.05, 0.1) is 12.0 Å². The predicted molar refractivity (Wildman–Crippen MR) is 66.4 cm³/mol. The molecule has 0 spiro atoms. The summed E-state index contributed by atoms with van der Waals surface area (Å²) in [6, 6.07) is 4.59. The van der Waals surface area contributed by atoms with Gasteiger partial charge in [-0.05, 0) is 31.0 Å². The number of nitrogens with two attached hydrogens (primary N) is 1. The monoisotopic (exact) mass is 274 g/mol. The first-order valence-electron chi connectivity index (χ1n) is 5.97. The smallest absolute Gasteiger partial charge is 0.356 e. The third-order valence-electron chi connectivity index (χ3n) is 2.57. The summed E-state index contributed by atoms with van der Waals surface area (Å²) in [6.07, 6.45) is -3.62. The molecule has 0 aliphatic carbocycles. The minimum Gasteiger partial charge on any atom is -0.356 e. The molecule has 1 atom stereocenters. The van der Waals surface area contributed by atoms with Crippen LogP contribution in [0.5, 0.6) is 0 Å². The van der Waals surface area contributed by atoms with Crippen LogP contribution in [0.25, 0.3) is 0 Å². The van der Waals surface area contributed by atoms with E-state index in [2.05, 4.69) is 5.32 Å². The molecule has 0 aliphatic rings. The summed E-state index contributed by atoms with van der Waals surface area (Å²) in [5.74, 6) is -0.222. The Balaban J connectivity index is 2.47. The van der Waals surface area contributed by atoms with Gasteiger partial charge in [0.15, 0.2) is 0 Å². The van der Waals surface area contributed by atoms with Gasteiger partial charge in [0.1, 0.15) is 0 Å². The second kappa shape index (κ2) is 6.56. The van der Waals surface area contributed by atoms with Gasteiger partial charge in [-0.2, -0.15) is 13.2 Å². The summed E-state index contributed by atoms with van der Waals surface area (Å²) < 4.78 is 37.0. The molecule has 0 fully saturated rings. The van der Waals surface area contributed by atoms with E-state index in [0.717, 1.165) is 12.1 Å². The van der Waals surface area contributed by atoms with Crippen LogP contribution in [0.15, 0.2) is 24.3 Å². The van der Waals surface area contributed by atoms with Crippen LogP contribution in [0.1, 0.15) is 24.5 Å². The highest BCUT2D eigenvalue weighted by molar-refractivity contribution is 5.78. The summed E-state index contributed by atoms with van der Waals surface area (Å²) in [4.78, 5) is 11.5. The van der Waals surface area contributed by atoms with Crippen LogP contribution < -0.4 is 11.1 Å². The normalized spacial score (nSPS) is 13.1. The molecule has 1 aromatic rings. The molecule has 1 aromatic carbocycles. The molecule has 1 rings (SSSR count). The fraction of sp³-hybridized carbons (Fsp3) is 0.462. The van der Waals surface area contributed by atoms with Gasteiger partial charge in [0.25, 0.3) is 0 Å². The standard InChI is InChI=1S/C13H17F3N2O/c1-9(17)6-7-18-12(19)8-10-2-4-11(5-3-10)13(14,15)16/h2-5,9H,6-8,17H2,1H3,(H,18,19). The molecule has 1 amide bonds. The molecule has 3 nitrogen and oxygen atoms in total. The number of alkyl halides is 3. The molecular formula is C13H17F3N2O. The largest absolute Gasteiger partial charge is 0.416 e. The van der Waals surface area contributed by atoms with Crippen molar-refractivity contribution in [1.82, 2.24) is 5.32 Å². The van der Waals surface area contributed by atoms with Crippen LogP contribution in [-0.2, 0) is 17.4 Å². The van der Waals surface area contributed by atoms with Crippen molar-refractivity contribution in [1.29, 1.82) is 0 Å². The molecule has 0 bridgehead atoms. The van der Waals surface area contributed by atoms with E-state index in [-0.39, 0.29) is 18.4 Å². The van der Waals surface area contributed by atoms with E-state index in [1.165, 1.54) is 12.1 Å². The predicted octanol–water partition coefficient (Wildman–Crippen LogP) is 2.10. The quantitative estimate of drug-likeness (QED) is 0.864. The fourth-order valence-electron chi connectivity index (χ4n) is 1.50. The fourth-order valence-corrected chi connectivity index (χ4v) is 1.50. The number of carbonyl (C=O) groups is 1. The third kappa shape index (κ3) is 5.74. The van der Waals surface area contributed by atoms with E-state index in [9.17, 15) is 18.0 Å². The summed E-state index contributed by atoms with van der Waals surface area (Å²) >= 11 is 0. The summed E-state index contributed by atoms with van der Waals surface area (Å²) in [6.45, 7) is 2.30. The van der Waals surface area contributed by atoms with Crippen molar-refractivity contribution in [2.24, 2.45) is 5.73 Å². The lowest BCUT2D eigenvalue weighted by atomic mass is 10.1. The van der Waals surface area contributed by atoms with Crippen LogP contribution in [-0.4, -0.2) is 18.5 Å². The Labute approximate surface area is 110 Å². The van der Waals surface area contributed by atoms with E-state index in [4.69, 9.17) is 5.73 Å². The number of benzene rings is 1. The number of carbonyl (C=O) groups excluding carboxylic acids is 1. The van der Waals surface area contributed by atoms with Crippen LogP contribution in [0, 0.1) is 0 Å². The van der Waals surface area contributed by atoms with E-state index in [1.54, 1.807) is 0 Å². The van der Waals surface area contributed by atoms with E-state index < -0.39 is 11.7 Å². The Kier molecular flexibility index (Phi) is 5.35. The highest BCUT2D eigenvalue weighted by Gasteiger charge is 2.29. The van der Waals surface area contributed by atoms with Gasteiger partial charge in [0, 0.05) is 12.6 Å². The minimum absolute atomic E-state index is 0.00590. The molecule has 3 N–H and O–H groups in total. The minimum atomic E-state index is -4.35. The van der Waals surface area contributed by atoms with Gasteiger partial charge in [-0.1, -0.05) is 12.1 Å². The molecule has 0 saturated carbocycles. The molecule has 0 aliphatic heterocycles. The Hall–Kier alpha value is -1.56. The highest BCUT2D eigenvalue weighted by atomic mass is 19.4. The topological polar surface area (TPSA) is 55.1 Å². The Morgan fingerprint density at radius 3 is 2.37 bits per heavy atom. The number of nitrogens with one attached hydrogen (secondary N) is 1. The molecule has 106 valence electrons. The molecule has 0 aromatic heterocycles. The van der Waals surface area contributed by atoms with Crippen molar-refractivity contribution in [2.75, 3.05) is 6.54 Å². The molecule has 0 saturated heterocycles. The second-order valence-electron chi connectivity index (χ2n) is 4.49.